The van der Waals surface area contributed by atoms with Gasteiger partial charge in [0, 0.05) is 24.9 Å². The summed E-state index contributed by atoms with van der Waals surface area (Å²) in [5.41, 5.74) is 0.391. The molecule has 0 bridgehead atoms. The summed E-state index contributed by atoms with van der Waals surface area (Å²) in [5, 5.41) is 16.5. The Morgan fingerprint density at radius 3 is 2.85 bits per heavy atom. The summed E-state index contributed by atoms with van der Waals surface area (Å²) in [6.45, 7) is 6.58. The molecule has 0 spiro atoms. The molecule has 2 fully saturated rings. The number of rotatable bonds is 3. The minimum atomic E-state index is -1.02. The molecule has 0 aromatic carbocycles. The van der Waals surface area contributed by atoms with Crippen LogP contribution in [0.15, 0.2) is 6.20 Å². The van der Waals surface area contributed by atoms with Gasteiger partial charge in [-0.1, -0.05) is 19.1 Å². The van der Waals surface area contributed by atoms with Gasteiger partial charge in [0.05, 0.1) is 12.2 Å². The van der Waals surface area contributed by atoms with Crippen LogP contribution in [0.5, 0.6) is 0 Å². The standard InChI is InChI=1S/C13H20N4O2S/c1-13(2)3-4-20-8-11(13)16-5-9(6-16)17-7-10(12(18)19)14-15-17/h7,9,11H,3-6,8H2,1-2H3,(H,18,19). The molecular formula is C13H20N4O2S. The van der Waals surface area contributed by atoms with E-state index in [1.807, 2.05) is 11.8 Å². The molecule has 6 nitrogen and oxygen atoms in total. The maximum absolute atomic E-state index is 10.8. The number of carbonyl (C=O) groups is 1. The first kappa shape index (κ1) is 13.9. The number of thioether (sulfide) groups is 1. The monoisotopic (exact) mass is 296 g/mol. The second-order valence-electron chi connectivity index (χ2n) is 6.33. The topological polar surface area (TPSA) is 71.2 Å². The van der Waals surface area contributed by atoms with Gasteiger partial charge < -0.3 is 5.11 Å². The van der Waals surface area contributed by atoms with Crippen molar-refractivity contribution < 1.29 is 9.90 Å². The third kappa shape index (κ3) is 2.44. The average Bonchev–Trinajstić information content (AvgIpc) is 2.78. The van der Waals surface area contributed by atoms with Crippen molar-refractivity contribution in [1.29, 1.82) is 0 Å². The highest BCUT2D eigenvalue weighted by molar-refractivity contribution is 7.99. The third-order valence-electron chi connectivity index (χ3n) is 4.50. The lowest BCUT2D eigenvalue weighted by molar-refractivity contribution is 0.00477. The van der Waals surface area contributed by atoms with Crippen LogP contribution in [-0.4, -0.2) is 61.6 Å². The summed E-state index contributed by atoms with van der Waals surface area (Å²) in [5.74, 6) is 1.43. The van der Waals surface area contributed by atoms with Crippen LogP contribution in [0.25, 0.3) is 0 Å². The molecule has 3 heterocycles. The molecule has 1 aromatic rings. The lowest BCUT2D eigenvalue weighted by Crippen LogP contribution is -2.59. The Kier molecular flexibility index (Phi) is 3.50. The van der Waals surface area contributed by atoms with Crippen LogP contribution in [0, 0.1) is 5.41 Å². The molecule has 0 saturated carbocycles. The maximum Gasteiger partial charge on any atom is 0.358 e. The molecule has 3 rings (SSSR count). The largest absolute Gasteiger partial charge is 0.476 e. The number of carboxylic acids is 1. The minimum Gasteiger partial charge on any atom is -0.476 e. The van der Waals surface area contributed by atoms with E-state index in [0.717, 1.165) is 13.1 Å². The molecule has 1 N–H and O–H groups in total. The van der Waals surface area contributed by atoms with Gasteiger partial charge in [0.25, 0.3) is 0 Å². The van der Waals surface area contributed by atoms with Gasteiger partial charge in [-0.05, 0) is 17.6 Å². The highest BCUT2D eigenvalue weighted by atomic mass is 32.2. The van der Waals surface area contributed by atoms with E-state index in [1.165, 1.54) is 24.1 Å². The van der Waals surface area contributed by atoms with Crippen molar-refractivity contribution in [3.8, 4) is 0 Å². The van der Waals surface area contributed by atoms with Crippen molar-refractivity contribution in [3.05, 3.63) is 11.9 Å². The SMILES string of the molecule is CC1(C)CCSCC1N1CC(n2cc(C(=O)O)nn2)C1. The van der Waals surface area contributed by atoms with Gasteiger partial charge >= 0.3 is 5.97 Å². The summed E-state index contributed by atoms with van der Waals surface area (Å²) in [6.07, 6.45) is 2.79. The number of likely N-dealkylation sites (tertiary alicyclic amines) is 1. The van der Waals surface area contributed by atoms with E-state index < -0.39 is 5.97 Å². The molecular weight excluding hydrogens is 276 g/mol. The second-order valence-corrected chi connectivity index (χ2v) is 7.48. The van der Waals surface area contributed by atoms with Gasteiger partial charge in [-0.3, -0.25) is 4.90 Å². The first-order chi connectivity index (χ1) is 9.47. The van der Waals surface area contributed by atoms with E-state index in [4.69, 9.17) is 5.11 Å². The number of aromatic nitrogens is 3. The molecule has 7 heteroatoms. The summed E-state index contributed by atoms with van der Waals surface area (Å²) in [6, 6.07) is 0.873. The predicted molar refractivity (Wildman–Crippen MR) is 77.1 cm³/mol. The maximum atomic E-state index is 10.8. The average molecular weight is 296 g/mol. The number of hydrogen-bond donors (Lipinski definition) is 1. The number of carboxylic acid groups (broad SMARTS) is 1. The Balaban J connectivity index is 1.61. The number of hydrogen-bond acceptors (Lipinski definition) is 5. The van der Waals surface area contributed by atoms with Crippen molar-refractivity contribution >= 4 is 17.7 Å². The van der Waals surface area contributed by atoms with Crippen LogP contribution >= 0.6 is 11.8 Å². The minimum absolute atomic E-state index is 0.0250. The van der Waals surface area contributed by atoms with Crippen LogP contribution in [0.3, 0.4) is 0 Å². The molecule has 0 aliphatic carbocycles. The van der Waals surface area contributed by atoms with E-state index >= 15 is 0 Å². The van der Waals surface area contributed by atoms with Crippen molar-refractivity contribution in [2.24, 2.45) is 5.41 Å². The van der Waals surface area contributed by atoms with E-state index in [2.05, 4.69) is 29.1 Å². The molecule has 2 saturated heterocycles. The molecule has 1 unspecified atom stereocenters. The predicted octanol–water partition coefficient (Wildman–Crippen LogP) is 1.36. The lowest BCUT2D eigenvalue weighted by atomic mass is 9.80. The van der Waals surface area contributed by atoms with Gasteiger partial charge in [0.2, 0.25) is 0 Å². The van der Waals surface area contributed by atoms with Crippen LogP contribution in [0.2, 0.25) is 0 Å². The van der Waals surface area contributed by atoms with E-state index in [0.29, 0.717) is 11.5 Å². The van der Waals surface area contributed by atoms with Crippen LogP contribution in [0.1, 0.15) is 36.8 Å². The van der Waals surface area contributed by atoms with Crippen molar-refractivity contribution in [3.63, 3.8) is 0 Å². The molecule has 1 aromatic heterocycles. The highest BCUT2D eigenvalue weighted by Gasteiger charge is 2.42. The second kappa shape index (κ2) is 5.04. The van der Waals surface area contributed by atoms with Crippen LogP contribution in [-0.2, 0) is 0 Å². The quantitative estimate of drug-likeness (QED) is 0.908. The smallest absolute Gasteiger partial charge is 0.358 e. The van der Waals surface area contributed by atoms with Gasteiger partial charge in [0.15, 0.2) is 5.69 Å². The number of nitrogens with zero attached hydrogens (tertiary/aromatic N) is 4. The fourth-order valence-corrected chi connectivity index (χ4v) is 4.71. The van der Waals surface area contributed by atoms with E-state index in [1.54, 1.807) is 4.68 Å². The van der Waals surface area contributed by atoms with Gasteiger partial charge in [-0.15, -0.1) is 5.10 Å². The van der Waals surface area contributed by atoms with Gasteiger partial charge in [-0.2, -0.15) is 11.8 Å². The fourth-order valence-electron chi connectivity index (χ4n) is 2.98. The number of aromatic carboxylic acids is 1. The van der Waals surface area contributed by atoms with Gasteiger partial charge in [0.1, 0.15) is 0 Å². The molecule has 110 valence electrons. The molecule has 20 heavy (non-hydrogen) atoms. The zero-order chi connectivity index (χ0) is 14.3. The summed E-state index contributed by atoms with van der Waals surface area (Å²) in [4.78, 5) is 13.3. The molecule has 0 radical (unpaired) electrons. The normalized spacial score (nSPS) is 27.2. The fraction of sp³-hybridized carbons (Fsp3) is 0.769. The Hall–Kier alpha value is -1.08. The molecule has 1 atom stereocenters. The highest BCUT2D eigenvalue weighted by Crippen LogP contribution is 2.40. The van der Waals surface area contributed by atoms with Crippen molar-refractivity contribution in [1.82, 2.24) is 19.9 Å². The Bertz CT molecular complexity index is 510. The summed E-state index contributed by atoms with van der Waals surface area (Å²) < 4.78 is 1.70. The van der Waals surface area contributed by atoms with Crippen molar-refractivity contribution in [2.75, 3.05) is 24.6 Å². The van der Waals surface area contributed by atoms with E-state index in [9.17, 15) is 4.79 Å². The zero-order valence-electron chi connectivity index (χ0n) is 11.8. The lowest BCUT2D eigenvalue weighted by Gasteiger charge is -2.51. The first-order valence-electron chi connectivity index (χ1n) is 6.94. The summed E-state index contributed by atoms with van der Waals surface area (Å²) in [7, 11) is 0. The van der Waals surface area contributed by atoms with Crippen LogP contribution < -0.4 is 0 Å². The Morgan fingerprint density at radius 1 is 1.50 bits per heavy atom. The Labute approximate surface area is 122 Å². The summed E-state index contributed by atoms with van der Waals surface area (Å²) >= 11 is 2.03. The van der Waals surface area contributed by atoms with E-state index in [-0.39, 0.29) is 11.7 Å². The zero-order valence-corrected chi connectivity index (χ0v) is 12.6. The first-order valence-corrected chi connectivity index (χ1v) is 8.10. The molecule has 2 aliphatic heterocycles. The molecule has 0 amide bonds. The Morgan fingerprint density at radius 2 is 2.25 bits per heavy atom. The molecule has 2 aliphatic rings. The van der Waals surface area contributed by atoms with Gasteiger partial charge in [-0.25, -0.2) is 9.48 Å². The third-order valence-corrected chi connectivity index (χ3v) is 5.55. The van der Waals surface area contributed by atoms with Crippen LogP contribution in [0.4, 0.5) is 0 Å². The van der Waals surface area contributed by atoms with Crippen molar-refractivity contribution in [2.45, 2.75) is 32.4 Å².